The fourth-order valence-electron chi connectivity index (χ4n) is 2.99. The van der Waals surface area contributed by atoms with Crippen LogP contribution in [0.4, 0.5) is 11.4 Å². The standard InChI is InChI=1S/C23H25N3/c1-3-26(4-2)21-16-14-19(15-17-21)18-24-25-23-13-9-8-12-22(23)20-10-6-5-7-11-20/h5-18,25H,3-4H2,1-2H3. The van der Waals surface area contributed by atoms with Gasteiger partial charge in [-0.1, -0.05) is 60.7 Å². The van der Waals surface area contributed by atoms with Gasteiger partial charge in [-0.3, -0.25) is 5.43 Å². The molecule has 0 aliphatic carbocycles. The van der Waals surface area contributed by atoms with Crippen LogP contribution in [-0.4, -0.2) is 19.3 Å². The fourth-order valence-corrected chi connectivity index (χ4v) is 2.99. The summed E-state index contributed by atoms with van der Waals surface area (Å²) in [5.74, 6) is 0. The van der Waals surface area contributed by atoms with Crippen molar-refractivity contribution in [3.8, 4) is 11.1 Å². The molecule has 0 fully saturated rings. The van der Waals surface area contributed by atoms with E-state index in [2.05, 4.69) is 71.7 Å². The first-order valence-corrected chi connectivity index (χ1v) is 9.10. The Bertz CT molecular complexity index is 835. The molecule has 0 saturated carbocycles. The molecule has 0 heterocycles. The largest absolute Gasteiger partial charge is 0.372 e. The highest BCUT2D eigenvalue weighted by molar-refractivity contribution is 5.83. The number of hydrazone groups is 1. The van der Waals surface area contributed by atoms with E-state index in [4.69, 9.17) is 0 Å². The third-order valence-electron chi connectivity index (χ3n) is 4.43. The van der Waals surface area contributed by atoms with Gasteiger partial charge in [0.05, 0.1) is 11.9 Å². The van der Waals surface area contributed by atoms with Crippen LogP contribution in [0.15, 0.2) is 84.0 Å². The summed E-state index contributed by atoms with van der Waals surface area (Å²) < 4.78 is 0. The molecule has 3 rings (SSSR count). The number of benzene rings is 3. The predicted octanol–water partition coefficient (Wildman–Crippen LogP) is 5.65. The number of nitrogens with zero attached hydrogens (tertiary/aromatic N) is 2. The van der Waals surface area contributed by atoms with Crippen molar-refractivity contribution in [1.29, 1.82) is 0 Å². The van der Waals surface area contributed by atoms with Gasteiger partial charge in [0.25, 0.3) is 0 Å². The Hall–Kier alpha value is -3.07. The van der Waals surface area contributed by atoms with Crippen molar-refractivity contribution in [3.63, 3.8) is 0 Å². The molecule has 3 heteroatoms. The molecule has 3 nitrogen and oxygen atoms in total. The van der Waals surface area contributed by atoms with Gasteiger partial charge >= 0.3 is 0 Å². The van der Waals surface area contributed by atoms with Crippen LogP contribution in [0, 0.1) is 0 Å². The topological polar surface area (TPSA) is 27.6 Å². The molecule has 0 spiro atoms. The number of nitrogens with one attached hydrogen (secondary N) is 1. The van der Waals surface area contributed by atoms with Crippen LogP contribution < -0.4 is 10.3 Å². The van der Waals surface area contributed by atoms with E-state index in [0.29, 0.717) is 0 Å². The zero-order valence-corrected chi connectivity index (χ0v) is 15.4. The van der Waals surface area contributed by atoms with Crippen molar-refractivity contribution in [3.05, 3.63) is 84.4 Å². The molecule has 0 unspecified atom stereocenters. The van der Waals surface area contributed by atoms with E-state index in [0.717, 1.165) is 29.9 Å². The van der Waals surface area contributed by atoms with Crippen LogP contribution in [0.5, 0.6) is 0 Å². The number of anilines is 2. The lowest BCUT2D eigenvalue weighted by atomic mass is 10.0. The predicted molar refractivity (Wildman–Crippen MR) is 113 cm³/mol. The van der Waals surface area contributed by atoms with E-state index in [1.807, 2.05) is 42.6 Å². The molecule has 0 saturated heterocycles. The maximum atomic E-state index is 4.42. The minimum absolute atomic E-state index is 0.995. The zero-order valence-electron chi connectivity index (χ0n) is 15.4. The first-order chi connectivity index (χ1) is 12.8. The van der Waals surface area contributed by atoms with Crippen LogP contribution in [0.3, 0.4) is 0 Å². The molecule has 0 aliphatic rings. The molecule has 26 heavy (non-hydrogen) atoms. The van der Waals surface area contributed by atoms with Crippen LogP contribution in [0.2, 0.25) is 0 Å². The summed E-state index contributed by atoms with van der Waals surface area (Å²) >= 11 is 0. The van der Waals surface area contributed by atoms with E-state index in [1.165, 1.54) is 11.3 Å². The number of para-hydroxylation sites is 1. The van der Waals surface area contributed by atoms with Gasteiger partial charge < -0.3 is 4.90 Å². The Morgan fingerprint density at radius 3 is 2.15 bits per heavy atom. The molecule has 132 valence electrons. The van der Waals surface area contributed by atoms with Crippen LogP contribution >= 0.6 is 0 Å². The molecule has 0 amide bonds. The van der Waals surface area contributed by atoms with Crippen molar-refractivity contribution < 1.29 is 0 Å². The van der Waals surface area contributed by atoms with Gasteiger partial charge in [0.15, 0.2) is 0 Å². The van der Waals surface area contributed by atoms with Crippen molar-refractivity contribution in [2.75, 3.05) is 23.4 Å². The monoisotopic (exact) mass is 343 g/mol. The van der Waals surface area contributed by atoms with E-state index < -0.39 is 0 Å². The van der Waals surface area contributed by atoms with Crippen molar-refractivity contribution in [2.24, 2.45) is 5.10 Å². The van der Waals surface area contributed by atoms with Crippen LogP contribution in [0.25, 0.3) is 11.1 Å². The Morgan fingerprint density at radius 2 is 1.46 bits per heavy atom. The molecule has 0 radical (unpaired) electrons. The number of hydrogen-bond acceptors (Lipinski definition) is 3. The minimum Gasteiger partial charge on any atom is -0.372 e. The molecular formula is C23H25N3. The minimum atomic E-state index is 0.995. The lowest BCUT2D eigenvalue weighted by molar-refractivity contribution is 0.866. The lowest BCUT2D eigenvalue weighted by Crippen LogP contribution is -2.21. The molecule has 3 aromatic rings. The van der Waals surface area contributed by atoms with Gasteiger partial charge in [-0.05, 0) is 43.2 Å². The molecule has 0 aromatic heterocycles. The SMILES string of the molecule is CCN(CC)c1ccc(C=NNc2ccccc2-c2ccccc2)cc1. The molecule has 0 atom stereocenters. The number of hydrogen-bond donors (Lipinski definition) is 1. The second kappa shape index (κ2) is 8.86. The van der Waals surface area contributed by atoms with Crippen molar-refractivity contribution in [1.82, 2.24) is 0 Å². The maximum absolute atomic E-state index is 4.42. The Labute approximate surface area is 156 Å². The second-order valence-electron chi connectivity index (χ2n) is 6.05. The third kappa shape index (κ3) is 4.31. The highest BCUT2D eigenvalue weighted by Crippen LogP contribution is 2.27. The van der Waals surface area contributed by atoms with Crippen LogP contribution in [0.1, 0.15) is 19.4 Å². The highest BCUT2D eigenvalue weighted by Gasteiger charge is 2.03. The Morgan fingerprint density at radius 1 is 0.808 bits per heavy atom. The summed E-state index contributed by atoms with van der Waals surface area (Å²) in [4.78, 5) is 2.33. The van der Waals surface area contributed by atoms with Gasteiger partial charge in [-0.15, -0.1) is 0 Å². The van der Waals surface area contributed by atoms with Crippen molar-refractivity contribution >= 4 is 17.6 Å². The molecule has 3 aromatic carbocycles. The summed E-state index contributed by atoms with van der Waals surface area (Å²) in [7, 11) is 0. The average Bonchev–Trinajstić information content (AvgIpc) is 2.71. The van der Waals surface area contributed by atoms with Crippen molar-refractivity contribution in [2.45, 2.75) is 13.8 Å². The summed E-state index contributed by atoms with van der Waals surface area (Å²) in [6.07, 6.45) is 1.85. The number of rotatable bonds is 7. The van der Waals surface area contributed by atoms with E-state index in [1.54, 1.807) is 0 Å². The molecule has 0 aliphatic heterocycles. The quantitative estimate of drug-likeness (QED) is 0.444. The molecular weight excluding hydrogens is 318 g/mol. The van der Waals surface area contributed by atoms with E-state index in [9.17, 15) is 0 Å². The van der Waals surface area contributed by atoms with E-state index in [-0.39, 0.29) is 0 Å². The van der Waals surface area contributed by atoms with Gasteiger partial charge in [0, 0.05) is 24.3 Å². The summed E-state index contributed by atoms with van der Waals surface area (Å²) in [6.45, 7) is 6.38. The fraction of sp³-hybridized carbons (Fsp3) is 0.174. The Kier molecular flexibility index (Phi) is 6.05. The Balaban J connectivity index is 1.72. The summed E-state index contributed by atoms with van der Waals surface area (Å²) in [5, 5.41) is 4.42. The van der Waals surface area contributed by atoms with E-state index >= 15 is 0 Å². The van der Waals surface area contributed by atoms with Gasteiger partial charge in [0.2, 0.25) is 0 Å². The summed E-state index contributed by atoms with van der Waals surface area (Å²) in [6, 6.07) is 27.0. The normalized spacial score (nSPS) is 10.8. The van der Waals surface area contributed by atoms with Gasteiger partial charge in [-0.2, -0.15) is 5.10 Å². The smallest absolute Gasteiger partial charge is 0.0640 e. The maximum Gasteiger partial charge on any atom is 0.0640 e. The highest BCUT2D eigenvalue weighted by atomic mass is 15.3. The average molecular weight is 343 g/mol. The molecule has 0 bridgehead atoms. The third-order valence-corrected chi connectivity index (χ3v) is 4.43. The first-order valence-electron chi connectivity index (χ1n) is 9.10. The van der Waals surface area contributed by atoms with Crippen LogP contribution in [-0.2, 0) is 0 Å². The second-order valence-corrected chi connectivity index (χ2v) is 6.05. The summed E-state index contributed by atoms with van der Waals surface area (Å²) in [5.41, 5.74) is 8.81. The first kappa shape index (κ1) is 17.7. The lowest BCUT2D eigenvalue weighted by Gasteiger charge is -2.20. The van der Waals surface area contributed by atoms with Gasteiger partial charge in [0.1, 0.15) is 0 Å². The van der Waals surface area contributed by atoms with Gasteiger partial charge in [-0.25, -0.2) is 0 Å². The zero-order chi connectivity index (χ0) is 18.2. The molecule has 1 N–H and O–H groups in total.